The minimum absolute atomic E-state index is 0.168. The van der Waals surface area contributed by atoms with Crippen LogP contribution in [0.1, 0.15) is 17.7 Å². The van der Waals surface area contributed by atoms with Crippen molar-refractivity contribution in [2.75, 3.05) is 12.4 Å². The van der Waals surface area contributed by atoms with Gasteiger partial charge in [-0.1, -0.05) is 12.1 Å². The van der Waals surface area contributed by atoms with Crippen molar-refractivity contribution in [2.24, 2.45) is 0 Å². The van der Waals surface area contributed by atoms with Gasteiger partial charge in [0.05, 0.1) is 18.1 Å². The molecular weight excluding hydrogens is 318 g/mol. The highest BCUT2D eigenvalue weighted by molar-refractivity contribution is 5.91. The number of amides is 1. The number of hydrogen-bond donors (Lipinski definition) is 2. The third kappa shape index (κ3) is 3.85. The summed E-state index contributed by atoms with van der Waals surface area (Å²) in [4.78, 5) is 31.3. The van der Waals surface area contributed by atoms with Gasteiger partial charge in [-0.05, 0) is 42.8 Å². The number of rotatable bonds is 5. The molecule has 3 aromatic rings. The van der Waals surface area contributed by atoms with Gasteiger partial charge in [-0.25, -0.2) is 4.98 Å². The molecule has 1 heterocycles. The zero-order chi connectivity index (χ0) is 17.8. The number of ether oxygens (including phenoxy) is 1. The molecule has 1 aromatic heterocycles. The van der Waals surface area contributed by atoms with Gasteiger partial charge in [-0.15, -0.1) is 0 Å². The van der Waals surface area contributed by atoms with Crippen molar-refractivity contribution in [1.29, 1.82) is 0 Å². The van der Waals surface area contributed by atoms with Crippen LogP contribution >= 0.6 is 0 Å². The molecule has 6 heteroatoms. The smallest absolute Gasteiger partial charge is 0.270 e. The number of aromatic amines is 1. The number of hydrogen-bond acceptors (Lipinski definition) is 4. The van der Waals surface area contributed by atoms with Gasteiger partial charge >= 0.3 is 0 Å². The number of para-hydroxylation sites is 2. The van der Waals surface area contributed by atoms with Crippen molar-refractivity contribution in [3.05, 3.63) is 64.1 Å². The maximum Gasteiger partial charge on any atom is 0.270 e. The average Bonchev–Trinajstić information content (AvgIpc) is 2.60. The first-order valence-corrected chi connectivity index (χ1v) is 7.99. The third-order valence-corrected chi connectivity index (χ3v) is 3.94. The number of carbonyl (C=O) groups is 1. The molecule has 0 aliphatic carbocycles. The molecule has 0 aliphatic heterocycles. The number of nitrogens with one attached hydrogen (secondary N) is 2. The van der Waals surface area contributed by atoms with Crippen LogP contribution in [0, 0.1) is 6.92 Å². The Hall–Kier alpha value is -3.15. The molecule has 2 aromatic carbocycles. The van der Waals surface area contributed by atoms with Crippen LogP contribution in [-0.2, 0) is 11.2 Å². The number of aromatic nitrogens is 2. The topological polar surface area (TPSA) is 84.1 Å². The Morgan fingerprint density at radius 1 is 1.24 bits per heavy atom. The molecule has 3 rings (SSSR count). The second-order valence-corrected chi connectivity index (χ2v) is 5.76. The van der Waals surface area contributed by atoms with Gasteiger partial charge < -0.3 is 15.0 Å². The van der Waals surface area contributed by atoms with Gasteiger partial charge in [0.1, 0.15) is 11.4 Å². The molecule has 0 unspecified atom stereocenters. The van der Waals surface area contributed by atoms with Crippen molar-refractivity contribution >= 4 is 22.6 Å². The number of anilines is 1. The Morgan fingerprint density at radius 2 is 2.04 bits per heavy atom. The molecular formula is C19H19N3O3. The molecule has 1 amide bonds. The Kier molecular flexibility index (Phi) is 4.79. The number of carbonyl (C=O) groups excluding carboxylic acids is 1. The summed E-state index contributed by atoms with van der Waals surface area (Å²) in [6, 6.07) is 12.8. The maximum absolute atomic E-state index is 12.1. The normalized spacial score (nSPS) is 10.6. The summed E-state index contributed by atoms with van der Waals surface area (Å²) in [5.41, 5.74) is 3.14. The molecule has 0 aliphatic rings. The highest BCUT2D eigenvalue weighted by Gasteiger charge is 2.09. The number of aryl methyl sites for hydroxylation is 2. The molecule has 0 spiro atoms. The molecule has 0 fully saturated rings. The van der Waals surface area contributed by atoms with Crippen LogP contribution in [0.3, 0.4) is 0 Å². The second kappa shape index (κ2) is 7.17. The van der Waals surface area contributed by atoms with E-state index in [0.29, 0.717) is 22.4 Å². The third-order valence-electron chi connectivity index (χ3n) is 3.94. The Labute approximate surface area is 144 Å². The van der Waals surface area contributed by atoms with Crippen LogP contribution in [0.15, 0.2) is 47.3 Å². The van der Waals surface area contributed by atoms with Crippen LogP contribution in [0.2, 0.25) is 0 Å². The van der Waals surface area contributed by atoms with E-state index in [-0.39, 0.29) is 24.3 Å². The quantitative estimate of drug-likeness (QED) is 0.750. The fourth-order valence-electron chi connectivity index (χ4n) is 2.65. The van der Waals surface area contributed by atoms with Gasteiger partial charge in [-0.2, -0.15) is 0 Å². The Balaban J connectivity index is 1.67. The summed E-state index contributed by atoms with van der Waals surface area (Å²) >= 11 is 0. The lowest BCUT2D eigenvalue weighted by molar-refractivity contribution is -0.116. The zero-order valence-corrected chi connectivity index (χ0v) is 14.1. The maximum atomic E-state index is 12.1. The number of nitrogens with zero attached hydrogens (tertiary/aromatic N) is 1. The van der Waals surface area contributed by atoms with Gasteiger partial charge in [-0.3, -0.25) is 9.59 Å². The summed E-state index contributed by atoms with van der Waals surface area (Å²) in [5, 5.41) is 2.83. The second-order valence-electron chi connectivity index (χ2n) is 5.76. The molecule has 25 heavy (non-hydrogen) atoms. The Bertz CT molecular complexity index is 979. The fourth-order valence-corrected chi connectivity index (χ4v) is 2.65. The lowest BCUT2D eigenvalue weighted by Gasteiger charge is -2.09. The van der Waals surface area contributed by atoms with E-state index in [1.807, 2.05) is 31.2 Å². The average molecular weight is 337 g/mol. The van der Waals surface area contributed by atoms with E-state index in [0.717, 1.165) is 11.3 Å². The number of benzene rings is 2. The summed E-state index contributed by atoms with van der Waals surface area (Å²) in [6.07, 6.45) is 0.459. The molecule has 0 bridgehead atoms. The minimum atomic E-state index is -0.258. The molecule has 0 saturated heterocycles. The molecule has 128 valence electrons. The predicted octanol–water partition coefficient (Wildman–Crippen LogP) is 2.81. The number of methoxy groups -OCH3 is 1. The largest absolute Gasteiger partial charge is 0.496 e. The van der Waals surface area contributed by atoms with Gasteiger partial charge in [0.2, 0.25) is 5.91 Å². The van der Waals surface area contributed by atoms with Gasteiger partial charge in [0.25, 0.3) is 5.56 Å². The van der Waals surface area contributed by atoms with E-state index in [9.17, 15) is 9.59 Å². The van der Waals surface area contributed by atoms with Crippen LogP contribution < -0.4 is 15.6 Å². The van der Waals surface area contributed by atoms with Gasteiger partial charge in [0.15, 0.2) is 0 Å². The first kappa shape index (κ1) is 16.7. The van der Waals surface area contributed by atoms with Crippen molar-refractivity contribution in [3.8, 4) is 5.75 Å². The molecule has 6 nitrogen and oxygen atoms in total. The van der Waals surface area contributed by atoms with Crippen LogP contribution in [0.5, 0.6) is 5.75 Å². The summed E-state index contributed by atoms with van der Waals surface area (Å²) in [7, 11) is 1.61. The van der Waals surface area contributed by atoms with Crippen molar-refractivity contribution in [1.82, 2.24) is 9.97 Å². The van der Waals surface area contributed by atoms with Crippen LogP contribution in [0.25, 0.3) is 11.0 Å². The SMILES string of the molecule is COc1ccc(NC(=O)CCc2nc3ccccc3[nH]c2=O)cc1C. The number of H-pyrrole nitrogens is 1. The lowest BCUT2D eigenvalue weighted by atomic mass is 10.2. The highest BCUT2D eigenvalue weighted by Crippen LogP contribution is 2.21. The van der Waals surface area contributed by atoms with E-state index >= 15 is 0 Å². The van der Waals surface area contributed by atoms with Crippen LogP contribution in [0.4, 0.5) is 5.69 Å². The molecule has 0 atom stereocenters. The van der Waals surface area contributed by atoms with E-state index < -0.39 is 0 Å². The van der Waals surface area contributed by atoms with Crippen molar-refractivity contribution < 1.29 is 9.53 Å². The first-order chi connectivity index (χ1) is 12.1. The van der Waals surface area contributed by atoms with E-state index in [1.54, 1.807) is 25.3 Å². The van der Waals surface area contributed by atoms with E-state index in [2.05, 4.69) is 15.3 Å². The Morgan fingerprint density at radius 3 is 2.80 bits per heavy atom. The molecule has 0 saturated carbocycles. The van der Waals surface area contributed by atoms with E-state index in [4.69, 9.17) is 4.74 Å². The highest BCUT2D eigenvalue weighted by atomic mass is 16.5. The summed E-state index contributed by atoms with van der Waals surface area (Å²) < 4.78 is 5.20. The zero-order valence-electron chi connectivity index (χ0n) is 14.1. The molecule has 2 N–H and O–H groups in total. The summed E-state index contributed by atoms with van der Waals surface area (Å²) in [5.74, 6) is 0.601. The minimum Gasteiger partial charge on any atom is -0.496 e. The predicted molar refractivity (Wildman–Crippen MR) is 97.0 cm³/mol. The van der Waals surface area contributed by atoms with Crippen molar-refractivity contribution in [3.63, 3.8) is 0 Å². The van der Waals surface area contributed by atoms with Crippen LogP contribution in [-0.4, -0.2) is 23.0 Å². The molecule has 0 radical (unpaired) electrons. The lowest BCUT2D eigenvalue weighted by Crippen LogP contribution is -2.19. The fraction of sp³-hybridized carbons (Fsp3) is 0.211. The first-order valence-electron chi connectivity index (χ1n) is 7.99. The van der Waals surface area contributed by atoms with Crippen molar-refractivity contribution in [2.45, 2.75) is 19.8 Å². The van der Waals surface area contributed by atoms with Gasteiger partial charge in [0, 0.05) is 18.5 Å². The number of fused-ring (bicyclic) bond motifs is 1. The van der Waals surface area contributed by atoms with E-state index in [1.165, 1.54) is 0 Å². The summed E-state index contributed by atoms with van der Waals surface area (Å²) in [6.45, 7) is 1.91. The standard InChI is InChI=1S/C19H19N3O3/c1-12-11-13(7-9-17(12)25-2)20-18(23)10-8-16-19(24)22-15-6-4-3-5-14(15)21-16/h3-7,9,11H,8,10H2,1-2H3,(H,20,23)(H,22,24). The monoisotopic (exact) mass is 337 g/mol.